The molecule has 14 nitrogen and oxygen atoms in total. The first-order valence-corrected chi connectivity index (χ1v) is 13.0. The maximum absolute atomic E-state index is 12.4. The number of benzene rings is 2. The number of carbonyl (C=O) groups excluding carboxylic acids is 3. The summed E-state index contributed by atoms with van der Waals surface area (Å²) in [6, 6.07) is 11.6. The molecule has 1 aromatic heterocycles. The van der Waals surface area contributed by atoms with Gasteiger partial charge in [0.1, 0.15) is 0 Å². The number of hydrogen-bond donors (Lipinski definition) is 3. The Balaban J connectivity index is 1.41. The Hall–Kier alpha value is -5.66. The van der Waals surface area contributed by atoms with E-state index in [0.717, 1.165) is 22.6 Å². The third-order valence-electron chi connectivity index (χ3n) is 6.74. The fourth-order valence-corrected chi connectivity index (χ4v) is 4.70. The first-order valence-electron chi connectivity index (χ1n) is 13.0. The molecule has 224 valence electrons. The van der Waals surface area contributed by atoms with Crippen molar-refractivity contribution in [3.05, 3.63) is 92.4 Å². The summed E-state index contributed by atoms with van der Waals surface area (Å²) in [4.78, 5) is 47.4. The van der Waals surface area contributed by atoms with Crippen LogP contribution in [-0.4, -0.2) is 54.4 Å². The van der Waals surface area contributed by atoms with Gasteiger partial charge in [-0.15, -0.1) is 0 Å². The lowest BCUT2D eigenvalue weighted by Gasteiger charge is -2.28. The third-order valence-corrected chi connectivity index (χ3v) is 6.74. The molecule has 1 aliphatic heterocycles. The number of rotatable bonds is 10. The number of hydrazone groups is 1. The topological polar surface area (TPSA) is 175 Å². The molecule has 14 heteroatoms. The largest absolute Gasteiger partial charge is 0.493 e. The SMILES string of the molecule is COC(=O)C1=C(C)NC(=O)N[C@@H]1c1ccc(OCC(=O)N/N=C\c2cc(C)n(-c3ccc([N+](=O)[O-])cc3)c2C)c(OC)c1. The molecule has 0 bridgehead atoms. The van der Waals surface area contributed by atoms with Gasteiger partial charge in [-0.25, -0.2) is 15.0 Å². The van der Waals surface area contributed by atoms with Gasteiger partial charge in [-0.05, 0) is 56.7 Å². The first kappa shape index (κ1) is 30.3. The number of ether oxygens (including phenoxy) is 3. The van der Waals surface area contributed by atoms with E-state index in [0.29, 0.717) is 11.3 Å². The van der Waals surface area contributed by atoms with Crippen molar-refractivity contribution in [2.75, 3.05) is 20.8 Å². The smallest absolute Gasteiger partial charge is 0.337 e. The van der Waals surface area contributed by atoms with Crippen LogP contribution < -0.4 is 25.5 Å². The normalized spacial score (nSPS) is 14.6. The highest BCUT2D eigenvalue weighted by atomic mass is 16.6. The average Bonchev–Trinajstić information content (AvgIpc) is 3.27. The van der Waals surface area contributed by atoms with E-state index >= 15 is 0 Å². The second kappa shape index (κ2) is 12.9. The first-order chi connectivity index (χ1) is 20.5. The zero-order valence-corrected chi connectivity index (χ0v) is 24.1. The highest BCUT2D eigenvalue weighted by molar-refractivity contribution is 5.95. The van der Waals surface area contributed by atoms with Crippen LogP contribution in [0.1, 0.15) is 35.5 Å². The van der Waals surface area contributed by atoms with E-state index in [4.69, 9.17) is 14.2 Å². The van der Waals surface area contributed by atoms with Crippen LogP contribution in [0.2, 0.25) is 0 Å². The molecule has 0 radical (unpaired) electrons. The highest BCUT2D eigenvalue weighted by Gasteiger charge is 2.32. The maximum atomic E-state index is 12.4. The summed E-state index contributed by atoms with van der Waals surface area (Å²) in [6.07, 6.45) is 1.50. The number of nitrogens with zero attached hydrogens (tertiary/aromatic N) is 3. The predicted octanol–water partition coefficient (Wildman–Crippen LogP) is 3.34. The quantitative estimate of drug-likeness (QED) is 0.139. The minimum absolute atomic E-state index is 0.00158. The van der Waals surface area contributed by atoms with Crippen LogP contribution in [0.5, 0.6) is 11.5 Å². The van der Waals surface area contributed by atoms with E-state index in [2.05, 4.69) is 21.2 Å². The lowest BCUT2D eigenvalue weighted by molar-refractivity contribution is -0.384. The molecule has 0 spiro atoms. The molecule has 43 heavy (non-hydrogen) atoms. The van der Waals surface area contributed by atoms with Crippen molar-refractivity contribution >= 4 is 29.8 Å². The average molecular weight is 591 g/mol. The second-order valence-corrected chi connectivity index (χ2v) is 9.49. The number of esters is 1. The third kappa shape index (κ3) is 6.64. The molecule has 0 saturated carbocycles. The number of hydrogen-bond acceptors (Lipinski definition) is 9. The summed E-state index contributed by atoms with van der Waals surface area (Å²) in [5, 5.41) is 20.2. The zero-order valence-electron chi connectivity index (χ0n) is 24.1. The van der Waals surface area contributed by atoms with Gasteiger partial charge >= 0.3 is 12.0 Å². The summed E-state index contributed by atoms with van der Waals surface area (Å²) in [6.45, 7) is 5.00. The van der Waals surface area contributed by atoms with Crippen molar-refractivity contribution in [1.82, 2.24) is 20.6 Å². The van der Waals surface area contributed by atoms with Crippen molar-refractivity contribution in [3.8, 4) is 17.2 Å². The van der Waals surface area contributed by atoms with Gasteiger partial charge in [0.2, 0.25) is 0 Å². The molecule has 4 rings (SSSR count). The van der Waals surface area contributed by atoms with Crippen molar-refractivity contribution in [3.63, 3.8) is 0 Å². The Morgan fingerprint density at radius 2 is 1.81 bits per heavy atom. The molecular formula is C29H30N6O8. The summed E-state index contributed by atoms with van der Waals surface area (Å²) < 4.78 is 17.9. The van der Waals surface area contributed by atoms with E-state index < -0.39 is 28.9 Å². The molecule has 0 saturated heterocycles. The number of amides is 3. The molecule has 2 aromatic carbocycles. The van der Waals surface area contributed by atoms with Gasteiger partial charge in [0.25, 0.3) is 11.6 Å². The van der Waals surface area contributed by atoms with Crippen molar-refractivity contribution in [1.29, 1.82) is 0 Å². The molecule has 1 aliphatic rings. The molecule has 3 N–H and O–H groups in total. The predicted molar refractivity (Wildman–Crippen MR) is 155 cm³/mol. The Morgan fingerprint density at radius 3 is 2.47 bits per heavy atom. The van der Waals surface area contributed by atoms with Gasteiger partial charge in [0, 0.05) is 40.5 Å². The van der Waals surface area contributed by atoms with Crippen LogP contribution in [0, 0.1) is 24.0 Å². The second-order valence-electron chi connectivity index (χ2n) is 9.49. The van der Waals surface area contributed by atoms with Crippen LogP contribution in [0.15, 0.2) is 64.9 Å². The number of carbonyl (C=O) groups is 3. The lowest BCUT2D eigenvalue weighted by Crippen LogP contribution is -2.45. The van der Waals surface area contributed by atoms with Crippen LogP contribution in [-0.2, 0) is 14.3 Å². The maximum Gasteiger partial charge on any atom is 0.337 e. The number of nitrogens with one attached hydrogen (secondary N) is 3. The van der Waals surface area contributed by atoms with Gasteiger partial charge < -0.3 is 29.4 Å². The molecule has 3 amide bonds. The van der Waals surface area contributed by atoms with E-state index in [-0.39, 0.29) is 29.4 Å². The van der Waals surface area contributed by atoms with E-state index in [9.17, 15) is 24.5 Å². The summed E-state index contributed by atoms with van der Waals surface area (Å²) >= 11 is 0. The molecule has 2 heterocycles. The molecule has 0 aliphatic carbocycles. The Labute approximate surface area is 246 Å². The molecule has 0 unspecified atom stereocenters. The van der Waals surface area contributed by atoms with Gasteiger partial charge in [-0.1, -0.05) is 6.07 Å². The number of aromatic nitrogens is 1. The molecule has 1 atom stereocenters. The summed E-state index contributed by atoms with van der Waals surface area (Å²) in [5.74, 6) is -0.580. The van der Waals surface area contributed by atoms with Crippen LogP contribution in [0.4, 0.5) is 10.5 Å². The van der Waals surface area contributed by atoms with Gasteiger partial charge in [-0.2, -0.15) is 5.10 Å². The minimum atomic E-state index is -0.788. The van der Waals surface area contributed by atoms with Crippen LogP contribution in [0.3, 0.4) is 0 Å². The fraction of sp³-hybridized carbons (Fsp3) is 0.241. The van der Waals surface area contributed by atoms with Crippen molar-refractivity contribution in [2.45, 2.75) is 26.8 Å². The van der Waals surface area contributed by atoms with E-state index in [1.165, 1.54) is 32.6 Å². The zero-order chi connectivity index (χ0) is 31.3. The Morgan fingerprint density at radius 1 is 1.09 bits per heavy atom. The fourth-order valence-electron chi connectivity index (χ4n) is 4.70. The van der Waals surface area contributed by atoms with Gasteiger partial charge in [0.15, 0.2) is 18.1 Å². The molecule has 0 fully saturated rings. The number of allylic oxidation sites excluding steroid dienone is 1. The summed E-state index contributed by atoms with van der Waals surface area (Å²) in [5.41, 5.74) is 6.78. The van der Waals surface area contributed by atoms with Gasteiger partial charge in [-0.3, -0.25) is 14.9 Å². The monoisotopic (exact) mass is 590 g/mol. The number of methoxy groups -OCH3 is 2. The highest BCUT2D eigenvalue weighted by Crippen LogP contribution is 2.34. The van der Waals surface area contributed by atoms with Crippen LogP contribution >= 0.6 is 0 Å². The Bertz CT molecular complexity index is 1640. The van der Waals surface area contributed by atoms with Crippen LogP contribution in [0.25, 0.3) is 5.69 Å². The number of nitro benzene ring substituents is 1. The van der Waals surface area contributed by atoms with Crippen molar-refractivity contribution < 1.29 is 33.5 Å². The number of urea groups is 1. The number of aryl methyl sites for hydroxylation is 1. The minimum Gasteiger partial charge on any atom is -0.493 e. The van der Waals surface area contributed by atoms with Gasteiger partial charge in [0.05, 0.1) is 37.0 Å². The molecular weight excluding hydrogens is 560 g/mol. The summed E-state index contributed by atoms with van der Waals surface area (Å²) in [7, 11) is 2.68. The van der Waals surface area contributed by atoms with E-state index in [1.807, 2.05) is 24.5 Å². The number of non-ortho nitro benzene ring substituents is 1. The lowest BCUT2D eigenvalue weighted by atomic mass is 9.95. The van der Waals surface area contributed by atoms with E-state index in [1.54, 1.807) is 37.3 Å². The standard InChI is InChI=1S/C29H30N6O8/c1-16-12-20(18(3)34(16)21-7-9-22(10-8-21)35(39)40)14-30-33-25(36)15-43-23-11-6-19(13-24(23)41-4)27-26(28(37)42-5)17(2)31-29(38)32-27/h6-14,27H,15H2,1-5H3,(H,33,36)(H2,31,32,38)/b30-14-/t27-/m1/s1. The Kier molecular flexibility index (Phi) is 9.08. The van der Waals surface area contributed by atoms with Crippen molar-refractivity contribution in [2.24, 2.45) is 5.10 Å². The number of nitro groups is 1. The molecule has 3 aromatic rings.